The van der Waals surface area contributed by atoms with Gasteiger partial charge in [-0.05, 0) is 42.3 Å². The van der Waals surface area contributed by atoms with Gasteiger partial charge < -0.3 is 0 Å². The van der Waals surface area contributed by atoms with Crippen LogP contribution in [0.5, 0.6) is 0 Å². The van der Waals surface area contributed by atoms with Gasteiger partial charge in [-0.1, -0.05) is 42.5 Å². The van der Waals surface area contributed by atoms with E-state index >= 15 is 0 Å². The second kappa shape index (κ2) is 7.33. The van der Waals surface area contributed by atoms with E-state index in [4.69, 9.17) is 10.8 Å². The summed E-state index contributed by atoms with van der Waals surface area (Å²) in [5.74, 6) is 0.309. The molecule has 5 heteroatoms. The minimum atomic E-state index is 0.211. The van der Waals surface area contributed by atoms with Crippen LogP contribution in [0, 0.1) is 10.8 Å². The third kappa shape index (κ3) is 3.67. The molecular weight excluding hydrogens is 334 g/mol. The Morgan fingerprint density at radius 1 is 0.926 bits per heavy atom. The predicted octanol–water partition coefficient (Wildman–Crippen LogP) is 4.04. The maximum Gasteiger partial charge on any atom is 0.148 e. The van der Waals surface area contributed by atoms with Crippen LogP contribution < -0.4 is 5.49 Å². The van der Waals surface area contributed by atoms with E-state index in [1.165, 1.54) is 4.68 Å². The number of fused-ring (bicyclic) bond motifs is 1. The SMILES string of the molecule is N=C(CCc1ccc2ncccc2c1)n1nc(-c2ccccc2)ccc1=N. The smallest absolute Gasteiger partial charge is 0.148 e. The van der Waals surface area contributed by atoms with Crippen molar-refractivity contribution in [3.8, 4) is 11.3 Å². The van der Waals surface area contributed by atoms with Gasteiger partial charge in [-0.3, -0.25) is 15.8 Å². The molecule has 0 fully saturated rings. The Labute approximate surface area is 157 Å². The molecule has 5 nitrogen and oxygen atoms in total. The monoisotopic (exact) mass is 353 g/mol. The Hall–Kier alpha value is -3.60. The van der Waals surface area contributed by atoms with Crippen LogP contribution in [0.3, 0.4) is 0 Å². The molecule has 0 saturated heterocycles. The first kappa shape index (κ1) is 16.8. The molecule has 132 valence electrons. The van der Waals surface area contributed by atoms with E-state index in [1.54, 1.807) is 12.3 Å². The van der Waals surface area contributed by atoms with Gasteiger partial charge in [0.05, 0.1) is 11.2 Å². The zero-order valence-corrected chi connectivity index (χ0v) is 14.8. The molecule has 0 bridgehead atoms. The molecule has 0 aliphatic carbocycles. The Morgan fingerprint density at radius 3 is 2.63 bits per heavy atom. The van der Waals surface area contributed by atoms with Gasteiger partial charge in [0, 0.05) is 23.6 Å². The van der Waals surface area contributed by atoms with Crippen molar-refractivity contribution < 1.29 is 0 Å². The second-order valence-electron chi connectivity index (χ2n) is 6.36. The normalized spacial score (nSPS) is 10.8. The molecular formula is C22H19N5. The van der Waals surface area contributed by atoms with Crippen molar-refractivity contribution in [3.63, 3.8) is 0 Å². The fourth-order valence-corrected chi connectivity index (χ4v) is 3.04. The van der Waals surface area contributed by atoms with Gasteiger partial charge in [0.15, 0.2) is 0 Å². The number of nitrogens with one attached hydrogen (secondary N) is 2. The third-order valence-electron chi connectivity index (χ3n) is 4.48. The first-order chi connectivity index (χ1) is 13.2. The van der Waals surface area contributed by atoms with Crippen molar-refractivity contribution in [2.75, 3.05) is 0 Å². The van der Waals surface area contributed by atoms with Crippen LogP contribution in [0.4, 0.5) is 0 Å². The summed E-state index contributed by atoms with van der Waals surface area (Å²) in [6.45, 7) is 0. The van der Waals surface area contributed by atoms with Gasteiger partial charge in [-0.15, -0.1) is 0 Å². The number of aryl methyl sites for hydroxylation is 1. The van der Waals surface area contributed by atoms with E-state index in [9.17, 15) is 0 Å². The molecule has 0 aliphatic heterocycles. The van der Waals surface area contributed by atoms with Gasteiger partial charge in [-0.2, -0.15) is 5.10 Å². The lowest BCUT2D eigenvalue weighted by molar-refractivity contribution is 0.784. The van der Waals surface area contributed by atoms with Crippen molar-refractivity contribution in [1.29, 1.82) is 10.8 Å². The third-order valence-corrected chi connectivity index (χ3v) is 4.48. The lowest BCUT2D eigenvalue weighted by Crippen LogP contribution is -2.29. The lowest BCUT2D eigenvalue weighted by atomic mass is 10.1. The second-order valence-corrected chi connectivity index (χ2v) is 6.36. The summed E-state index contributed by atoms with van der Waals surface area (Å²) in [6, 6.07) is 23.4. The topological polar surface area (TPSA) is 78.4 Å². The van der Waals surface area contributed by atoms with Crippen LogP contribution in [-0.4, -0.2) is 20.6 Å². The number of hydrogen-bond donors (Lipinski definition) is 2. The van der Waals surface area contributed by atoms with Crippen LogP contribution >= 0.6 is 0 Å². The summed E-state index contributed by atoms with van der Waals surface area (Å²) >= 11 is 0. The molecule has 0 radical (unpaired) electrons. The summed E-state index contributed by atoms with van der Waals surface area (Å²) in [4.78, 5) is 4.33. The van der Waals surface area contributed by atoms with E-state index in [2.05, 4.69) is 16.1 Å². The van der Waals surface area contributed by atoms with Gasteiger partial charge in [0.1, 0.15) is 11.3 Å². The highest BCUT2D eigenvalue weighted by molar-refractivity contribution is 5.82. The standard InChI is InChI=1S/C22H19N5/c23-21(12-9-16-8-10-19-18(15-16)7-4-14-25-19)27-22(24)13-11-20(26-27)17-5-2-1-3-6-17/h1-8,10-11,13-15,23-24H,9,12H2. The van der Waals surface area contributed by atoms with Crippen LogP contribution in [0.25, 0.3) is 22.2 Å². The molecule has 4 rings (SSSR count). The van der Waals surface area contributed by atoms with Crippen LogP contribution in [0.1, 0.15) is 12.0 Å². The number of pyridine rings is 1. The number of hydrogen-bond acceptors (Lipinski definition) is 4. The molecule has 2 heterocycles. The molecule has 0 aliphatic rings. The Balaban J connectivity index is 1.54. The van der Waals surface area contributed by atoms with E-state index < -0.39 is 0 Å². The number of aromatic nitrogens is 3. The molecule has 2 aromatic heterocycles. The molecule has 2 aromatic carbocycles. The number of rotatable bonds is 4. The van der Waals surface area contributed by atoms with Crippen molar-refractivity contribution in [2.24, 2.45) is 0 Å². The van der Waals surface area contributed by atoms with Crippen LogP contribution in [-0.2, 0) is 6.42 Å². The maximum absolute atomic E-state index is 8.41. The van der Waals surface area contributed by atoms with Crippen molar-refractivity contribution in [2.45, 2.75) is 12.8 Å². The Bertz CT molecular complexity index is 1160. The Kier molecular flexibility index (Phi) is 4.58. The van der Waals surface area contributed by atoms with Crippen molar-refractivity contribution >= 4 is 16.7 Å². The number of benzene rings is 2. The van der Waals surface area contributed by atoms with Gasteiger partial charge in [0.25, 0.3) is 0 Å². The minimum Gasteiger partial charge on any atom is -0.287 e. The summed E-state index contributed by atoms with van der Waals surface area (Å²) in [7, 11) is 0. The predicted molar refractivity (Wildman–Crippen MR) is 107 cm³/mol. The van der Waals surface area contributed by atoms with E-state index in [0.29, 0.717) is 18.7 Å². The highest BCUT2D eigenvalue weighted by Gasteiger charge is 2.07. The summed E-state index contributed by atoms with van der Waals surface area (Å²) in [6.07, 6.45) is 3.01. The average molecular weight is 353 g/mol. The zero-order valence-electron chi connectivity index (χ0n) is 14.8. The van der Waals surface area contributed by atoms with Crippen molar-refractivity contribution in [1.82, 2.24) is 14.8 Å². The average Bonchev–Trinajstić information content (AvgIpc) is 2.73. The molecule has 4 aromatic rings. The molecule has 2 N–H and O–H groups in total. The first-order valence-corrected chi connectivity index (χ1v) is 8.82. The van der Waals surface area contributed by atoms with E-state index in [-0.39, 0.29) is 5.49 Å². The fraction of sp³-hybridized carbons (Fsp3) is 0.0909. The lowest BCUT2D eigenvalue weighted by Gasteiger charge is -2.10. The van der Waals surface area contributed by atoms with E-state index in [1.807, 2.05) is 60.7 Å². The van der Waals surface area contributed by atoms with E-state index in [0.717, 1.165) is 27.7 Å². The van der Waals surface area contributed by atoms with Gasteiger partial charge in [-0.25, -0.2) is 4.68 Å². The maximum atomic E-state index is 8.41. The highest BCUT2D eigenvalue weighted by Crippen LogP contribution is 2.16. The molecule has 0 unspecified atom stereocenters. The highest BCUT2D eigenvalue weighted by atomic mass is 15.3. The summed E-state index contributed by atoms with van der Waals surface area (Å²) in [5.41, 5.74) is 4.06. The molecule has 0 atom stereocenters. The summed E-state index contributed by atoms with van der Waals surface area (Å²) < 4.78 is 1.41. The van der Waals surface area contributed by atoms with Gasteiger partial charge >= 0.3 is 0 Å². The molecule has 0 amide bonds. The summed E-state index contributed by atoms with van der Waals surface area (Å²) in [5, 5.41) is 22.1. The first-order valence-electron chi connectivity index (χ1n) is 8.82. The Morgan fingerprint density at radius 2 is 1.78 bits per heavy atom. The van der Waals surface area contributed by atoms with Crippen LogP contribution in [0.15, 0.2) is 79.0 Å². The molecule has 0 spiro atoms. The van der Waals surface area contributed by atoms with Crippen LogP contribution in [0.2, 0.25) is 0 Å². The van der Waals surface area contributed by atoms with Gasteiger partial charge in [0.2, 0.25) is 0 Å². The van der Waals surface area contributed by atoms with Crippen molar-refractivity contribution in [3.05, 3.63) is 90.0 Å². The minimum absolute atomic E-state index is 0.211. The molecule has 27 heavy (non-hydrogen) atoms. The number of nitrogens with zero attached hydrogens (tertiary/aromatic N) is 3. The molecule has 0 saturated carbocycles. The quantitative estimate of drug-likeness (QED) is 0.429. The zero-order chi connectivity index (χ0) is 18.6. The largest absolute Gasteiger partial charge is 0.287 e. The fourth-order valence-electron chi connectivity index (χ4n) is 3.04.